The number of para-hydroxylation sites is 1. The predicted octanol–water partition coefficient (Wildman–Crippen LogP) is 2.91. The van der Waals surface area contributed by atoms with Gasteiger partial charge in [-0.05, 0) is 36.2 Å². The van der Waals surface area contributed by atoms with Crippen LogP contribution in [0.3, 0.4) is 0 Å². The summed E-state index contributed by atoms with van der Waals surface area (Å²) in [5.74, 6) is 0.438. The molecule has 0 spiro atoms. The molecule has 1 saturated heterocycles. The molecule has 1 fully saturated rings. The zero-order valence-electron chi connectivity index (χ0n) is 16.2. The van der Waals surface area contributed by atoms with Crippen molar-refractivity contribution < 1.29 is 13.9 Å². The Kier molecular flexibility index (Phi) is 5.59. The number of ether oxygens (including phenoxy) is 1. The number of amides is 1. The summed E-state index contributed by atoms with van der Waals surface area (Å²) in [5, 5.41) is 2.70. The maximum Gasteiger partial charge on any atom is 0.241 e. The molecule has 4 rings (SSSR count). The summed E-state index contributed by atoms with van der Waals surface area (Å²) in [5.41, 5.74) is 2.84. The lowest BCUT2D eigenvalue weighted by Gasteiger charge is -2.37. The predicted molar refractivity (Wildman–Crippen MR) is 107 cm³/mol. The first kappa shape index (κ1) is 18.9. The van der Waals surface area contributed by atoms with E-state index in [-0.39, 0.29) is 17.6 Å². The third-order valence-electron chi connectivity index (χ3n) is 5.63. The number of carbonyl (C=O) groups is 1. The van der Waals surface area contributed by atoms with Crippen LogP contribution in [0.5, 0.6) is 5.75 Å². The molecule has 2 aliphatic rings. The molecule has 6 heteroatoms. The van der Waals surface area contributed by atoms with E-state index in [0.29, 0.717) is 0 Å². The van der Waals surface area contributed by atoms with Crippen LogP contribution in [0.15, 0.2) is 42.5 Å². The summed E-state index contributed by atoms with van der Waals surface area (Å²) in [6.45, 7) is 7.03. The number of halogens is 1. The molecule has 0 aliphatic carbocycles. The van der Waals surface area contributed by atoms with E-state index in [1.54, 1.807) is 18.2 Å². The molecule has 2 heterocycles. The highest BCUT2D eigenvalue weighted by Gasteiger charge is 2.26. The van der Waals surface area contributed by atoms with Crippen LogP contribution in [0.4, 0.5) is 10.1 Å². The highest BCUT2D eigenvalue weighted by Crippen LogP contribution is 2.26. The first-order chi connectivity index (χ1) is 13.6. The third-order valence-corrected chi connectivity index (χ3v) is 5.63. The molecule has 0 aromatic heterocycles. The number of rotatable bonds is 5. The van der Waals surface area contributed by atoms with E-state index < -0.39 is 5.82 Å². The number of piperazine rings is 1. The van der Waals surface area contributed by atoms with Crippen molar-refractivity contribution >= 4 is 11.6 Å². The van der Waals surface area contributed by atoms with Gasteiger partial charge in [0, 0.05) is 39.1 Å². The molecule has 2 aromatic carbocycles. The fraction of sp³-hybridized carbons (Fsp3) is 0.409. The maximum atomic E-state index is 13.8. The number of carbonyl (C=O) groups excluding carboxylic acids is 1. The minimum absolute atomic E-state index is 0.169. The Hall–Kier alpha value is -2.44. The first-order valence-electron chi connectivity index (χ1n) is 9.86. The molecule has 1 amide bonds. The quantitative estimate of drug-likeness (QED) is 0.862. The van der Waals surface area contributed by atoms with E-state index in [0.717, 1.165) is 51.5 Å². The number of fused-ring (bicyclic) bond motifs is 1. The Bertz CT molecular complexity index is 849. The lowest BCUT2D eigenvalue weighted by atomic mass is 10.1. The molecule has 0 radical (unpaired) electrons. The number of nitrogens with zero attached hydrogens (tertiary/aromatic N) is 2. The van der Waals surface area contributed by atoms with E-state index in [1.807, 2.05) is 6.92 Å². The van der Waals surface area contributed by atoms with Crippen LogP contribution in [-0.2, 0) is 17.8 Å². The number of benzene rings is 2. The lowest BCUT2D eigenvalue weighted by Crippen LogP contribution is -2.52. The Morgan fingerprint density at radius 2 is 1.96 bits per heavy atom. The summed E-state index contributed by atoms with van der Waals surface area (Å²) >= 11 is 0. The molecule has 1 N–H and O–H groups in total. The topological polar surface area (TPSA) is 44.8 Å². The molecule has 0 bridgehead atoms. The van der Waals surface area contributed by atoms with Gasteiger partial charge in [0.2, 0.25) is 5.91 Å². The smallest absolute Gasteiger partial charge is 0.241 e. The molecule has 2 aliphatic heterocycles. The highest BCUT2D eigenvalue weighted by molar-refractivity contribution is 5.94. The summed E-state index contributed by atoms with van der Waals surface area (Å²) < 4.78 is 19.3. The molecule has 28 heavy (non-hydrogen) atoms. The van der Waals surface area contributed by atoms with Crippen molar-refractivity contribution in [3.05, 3.63) is 59.4 Å². The van der Waals surface area contributed by atoms with Gasteiger partial charge >= 0.3 is 0 Å². The van der Waals surface area contributed by atoms with Gasteiger partial charge in [-0.15, -0.1) is 0 Å². The van der Waals surface area contributed by atoms with Crippen molar-refractivity contribution in [2.75, 3.05) is 38.1 Å². The Morgan fingerprint density at radius 3 is 2.75 bits per heavy atom. The Morgan fingerprint density at radius 1 is 1.18 bits per heavy atom. The summed E-state index contributed by atoms with van der Waals surface area (Å²) in [7, 11) is 0. The van der Waals surface area contributed by atoms with Gasteiger partial charge in [0.1, 0.15) is 11.6 Å². The van der Waals surface area contributed by atoms with Gasteiger partial charge in [0.15, 0.2) is 0 Å². The third kappa shape index (κ3) is 4.18. The molecule has 1 unspecified atom stereocenters. The molecule has 148 valence electrons. The van der Waals surface area contributed by atoms with E-state index in [4.69, 9.17) is 4.74 Å². The zero-order chi connectivity index (χ0) is 19.5. The normalized spacial score (nSPS) is 18.4. The zero-order valence-corrected chi connectivity index (χ0v) is 16.2. The molecule has 1 atom stereocenters. The van der Waals surface area contributed by atoms with Crippen LogP contribution in [0.25, 0.3) is 0 Å². The fourth-order valence-corrected chi connectivity index (χ4v) is 3.87. The number of hydrogen-bond donors (Lipinski definition) is 1. The monoisotopic (exact) mass is 383 g/mol. The van der Waals surface area contributed by atoms with Gasteiger partial charge in [-0.3, -0.25) is 14.6 Å². The van der Waals surface area contributed by atoms with Crippen molar-refractivity contribution in [2.45, 2.75) is 25.9 Å². The lowest BCUT2D eigenvalue weighted by molar-refractivity contribution is -0.121. The standard InChI is InChI=1S/C22H26FN3O2/c1-16(22(27)24-20-5-3-2-4-19(20)23)26-11-9-25(10-12-26)15-17-6-7-21-18(14-17)8-13-28-21/h2-7,14,16H,8-13,15H2,1H3,(H,24,27). The minimum atomic E-state index is -0.410. The van der Waals surface area contributed by atoms with Gasteiger partial charge in [-0.25, -0.2) is 4.39 Å². The van der Waals surface area contributed by atoms with Gasteiger partial charge in [0.25, 0.3) is 0 Å². The average Bonchev–Trinajstić information content (AvgIpc) is 3.17. The largest absolute Gasteiger partial charge is 0.493 e. The van der Waals surface area contributed by atoms with Crippen molar-refractivity contribution in [2.24, 2.45) is 0 Å². The van der Waals surface area contributed by atoms with E-state index in [2.05, 4.69) is 33.3 Å². The molecule has 5 nitrogen and oxygen atoms in total. The summed E-state index contributed by atoms with van der Waals surface area (Å²) in [6.07, 6.45) is 0.992. The Labute approximate surface area is 165 Å². The molecular formula is C22H26FN3O2. The van der Waals surface area contributed by atoms with Crippen molar-refractivity contribution in [1.82, 2.24) is 9.80 Å². The van der Waals surface area contributed by atoms with Crippen LogP contribution in [0.2, 0.25) is 0 Å². The van der Waals surface area contributed by atoms with Crippen LogP contribution in [0.1, 0.15) is 18.1 Å². The van der Waals surface area contributed by atoms with Gasteiger partial charge in [0.05, 0.1) is 18.3 Å². The van der Waals surface area contributed by atoms with Crippen molar-refractivity contribution in [3.8, 4) is 5.75 Å². The first-order valence-corrected chi connectivity index (χ1v) is 9.86. The van der Waals surface area contributed by atoms with Crippen LogP contribution < -0.4 is 10.1 Å². The Balaban J connectivity index is 1.28. The SMILES string of the molecule is CC(C(=O)Nc1ccccc1F)N1CCN(Cc2ccc3c(c2)CCO3)CC1. The minimum Gasteiger partial charge on any atom is -0.493 e. The molecule has 2 aromatic rings. The second-order valence-corrected chi connectivity index (χ2v) is 7.50. The molecular weight excluding hydrogens is 357 g/mol. The van der Waals surface area contributed by atoms with E-state index in [9.17, 15) is 9.18 Å². The second kappa shape index (κ2) is 8.29. The summed E-state index contributed by atoms with van der Waals surface area (Å²) in [6, 6.07) is 12.4. The maximum absolute atomic E-state index is 13.8. The fourth-order valence-electron chi connectivity index (χ4n) is 3.87. The van der Waals surface area contributed by atoms with Gasteiger partial charge < -0.3 is 10.1 Å². The number of hydrogen-bond acceptors (Lipinski definition) is 4. The van der Waals surface area contributed by atoms with Crippen LogP contribution in [0, 0.1) is 5.82 Å². The van der Waals surface area contributed by atoms with Crippen LogP contribution in [-0.4, -0.2) is 54.5 Å². The van der Waals surface area contributed by atoms with E-state index >= 15 is 0 Å². The average molecular weight is 383 g/mol. The number of nitrogens with one attached hydrogen (secondary N) is 1. The van der Waals surface area contributed by atoms with Gasteiger partial charge in [-0.1, -0.05) is 24.3 Å². The molecule has 0 saturated carbocycles. The summed E-state index contributed by atoms with van der Waals surface area (Å²) in [4.78, 5) is 17.1. The highest BCUT2D eigenvalue weighted by atomic mass is 19.1. The van der Waals surface area contributed by atoms with Crippen molar-refractivity contribution in [3.63, 3.8) is 0 Å². The number of anilines is 1. The van der Waals surface area contributed by atoms with E-state index in [1.165, 1.54) is 17.2 Å². The van der Waals surface area contributed by atoms with Crippen molar-refractivity contribution in [1.29, 1.82) is 0 Å². The van der Waals surface area contributed by atoms with Crippen LogP contribution >= 0.6 is 0 Å². The van der Waals surface area contributed by atoms with Gasteiger partial charge in [-0.2, -0.15) is 0 Å². The second-order valence-electron chi connectivity index (χ2n) is 7.50.